The summed E-state index contributed by atoms with van der Waals surface area (Å²) in [4.78, 5) is 13.7. The Labute approximate surface area is 132 Å². The summed E-state index contributed by atoms with van der Waals surface area (Å²) in [5, 5.41) is 38.3. The maximum absolute atomic E-state index is 12.2. The molecule has 0 aliphatic carbocycles. The zero-order valence-electron chi connectivity index (χ0n) is 12.3. The van der Waals surface area contributed by atoms with Crippen LogP contribution in [0.2, 0.25) is 0 Å². The molecule has 4 N–H and O–H groups in total. The molecule has 8 heteroatoms. The molecule has 2 aliphatic rings. The van der Waals surface area contributed by atoms with E-state index in [2.05, 4.69) is 0 Å². The SMILES string of the molecule is O=C(OCC1OC(O)[C@H](O)[C@@H](O)[C@H]1O)N1CCc2ccccc21. The van der Waals surface area contributed by atoms with E-state index in [4.69, 9.17) is 9.47 Å². The van der Waals surface area contributed by atoms with Crippen LogP contribution in [0.4, 0.5) is 10.5 Å². The van der Waals surface area contributed by atoms with Gasteiger partial charge in [-0.25, -0.2) is 4.79 Å². The van der Waals surface area contributed by atoms with Crippen LogP contribution in [-0.2, 0) is 15.9 Å². The topological polar surface area (TPSA) is 120 Å². The average molecular weight is 325 g/mol. The number of aliphatic hydroxyl groups excluding tert-OH is 4. The standard InChI is InChI=1S/C15H19NO7/c17-11-10(23-14(20)13(19)12(11)18)7-22-15(21)16-6-5-8-3-1-2-4-9(8)16/h1-4,10-14,17-20H,5-7H2/t10?,11-,12-,13+,14?/m0/s1. The van der Waals surface area contributed by atoms with Gasteiger partial charge in [-0.15, -0.1) is 0 Å². The Morgan fingerprint density at radius 3 is 2.70 bits per heavy atom. The van der Waals surface area contributed by atoms with Gasteiger partial charge < -0.3 is 29.9 Å². The van der Waals surface area contributed by atoms with Crippen molar-refractivity contribution in [3.05, 3.63) is 29.8 Å². The summed E-state index contributed by atoms with van der Waals surface area (Å²) in [7, 11) is 0. The van der Waals surface area contributed by atoms with Crippen molar-refractivity contribution >= 4 is 11.8 Å². The molecule has 2 aliphatic heterocycles. The predicted molar refractivity (Wildman–Crippen MR) is 77.7 cm³/mol. The van der Waals surface area contributed by atoms with Crippen LogP contribution < -0.4 is 4.90 Å². The predicted octanol–water partition coefficient (Wildman–Crippen LogP) is -1.01. The van der Waals surface area contributed by atoms with E-state index in [-0.39, 0.29) is 6.61 Å². The van der Waals surface area contributed by atoms with Crippen LogP contribution in [-0.4, -0.2) is 70.4 Å². The number of rotatable bonds is 2. The summed E-state index contributed by atoms with van der Waals surface area (Å²) in [5.41, 5.74) is 1.82. The molecule has 0 saturated carbocycles. The summed E-state index contributed by atoms with van der Waals surface area (Å²) >= 11 is 0. The molecule has 126 valence electrons. The summed E-state index contributed by atoms with van der Waals surface area (Å²) in [6.07, 6.45) is -7.28. The second kappa shape index (κ2) is 6.42. The Morgan fingerprint density at radius 1 is 1.17 bits per heavy atom. The van der Waals surface area contributed by atoms with Gasteiger partial charge in [0, 0.05) is 6.54 Å². The lowest BCUT2D eigenvalue weighted by molar-refractivity contribution is -0.286. The quantitative estimate of drug-likeness (QED) is 0.550. The fourth-order valence-electron chi connectivity index (χ4n) is 2.83. The molecule has 1 amide bonds. The highest BCUT2D eigenvalue weighted by Gasteiger charge is 2.43. The van der Waals surface area contributed by atoms with E-state index >= 15 is 0 Å². The zero-order valence-corrected chi connectivity index (χ0v) is 12.3. The number of benzene rings is 1. The van der Waals surface area contributed by atoms with Gasteiger partial charge in [0.25, 0.3) is 0 Å². The summed E-state index contributed by atoms with van der Waals surface area (Å²) in [5.74, 6) is 0. The van der Waals surface area contributed by atoms with Crippen LogP contribution in [0.25, 0.3) is 0 Å². The maximum atomic E-state index is 12.2. The van der Waals surface area contributed by atoms with Crippen molar-refractivity contribution in [1.29, 1.82) is 0 Å². The van der Waals surface area contributed by atoms with Crippen LogP contribution in [0.1, 0.15) is 5.56 Å². The molecular weight excluding hydrogens is 306 g/mol. The highest BCUT2D eigenvalue weighted by molar-refractivity contribution is 5.90. The molecule has 1 saturated heterocycles. The van der Waals surface area contributed by atoms with Crippen molar-refractivity contribution in [2.24, 2.45) is 0 Å². The molecule has 5 atom stereocenters. The Hall–Kier alpha value is -1.71. The second-order valence-corrected chi connectivity index (χ2v) is 5.64. The number of hydrogen-bond acceptors (Lipinski definition) is 7. The van der Waals surface area contributed by atoms with Gasteiger partial charge in [-0.05, 0) is 18.1 Å². The fraction of sp³-hybridized carbons (Fsp3) is 0.533. The summed E-state index contributed by atoms with van der Waals surface area (Å²) < 4.78 is 10.1. The van der Waals surface area contributed by atoms with Gasteiger partial charge in [0.1, 0.15) is 31.0 Å². The summed E-state index contributed by atoms with van der Waals surface area (Å²) in [6, 6.07) is 7.48. The first kappa shape index (κ1) is 16.2. The average Bonchev–Trinajstić information content (AvgIpc) is 2.99. The third kappa shape index (κ3) is 3.04. The van der Waals surface area contributed by atoms with Gasteiger partial charge >= 0.3 is 6.09 Å². The van der Waals surface area contributed by atoms with E-state index in [0.29, 0.717) is 6.54 Å². The van der Waals surface area contributed by atoms with Crippen molar-refractivity contribution in [3.63, 3.8) is 0 Å². The zero-order chi connectivity index (χ0) is 16.6. The first-order chi connectivity index (χ1) is 11.0. The second-order valence-electron chi connectivity index (χ2n) is 5.64. The molecule has 2 unspecified atom stereocenters. The lowest BCUT2D eigenvalue weighted by atomic mass is 9.99. The number of ether oxygens (including phenoxy) is 2. The Morgan fingerprint density at radius 2 is 1.91 bits per heavy atom. The molecule has 0 aromatic heterocycles. The molecule has 0 radical (unpaired) electrons. The van der Waals surface area contributed by atoms with Crippen LogP contribution in [0, 0.1) is 0 Å². The monoisotopic (exact) mass is 325 g/mol. The molecule has 1 aromatic rings. The number of amides is 1. The van der Waals surface area contributed by atoms with E-state index < -0.39 is 36.8 Å². The number of para-hydroxylation sites is 1. The Bertz CT molecular complexity index is 581. The molecule has 3 rings (SSSR count). The maximum Gasteiger partial charge on any atom is 0.414 e. The minimum atomic E-state index is -1.65. The highest BCUT2D eigenvalue weighted by Crippen LogP contribution is 2.28. The largest absolute Gasteiger partial charge is 0.446 e. The number of nitrogens with zero attached hydrogens (tertiary/aromatic N) is 1. The van der Waals surface area contributed by atoms with Crippen LogP contribution in [0.3, 0.4) is 0 Å². The van der Waals surface area contributed by atoms with Crippen molar-refractivity contribution in [2.75, 3.05) is 18.1 Å². The van der Waals surface area contributed by atoms with Crippen molar-refractivity contribution in [3.8, 4) is 0 Å². The van der Waals surface area contributed by atoms with E-state index in [1.807, 2.05) is 24.3 Å². The third-order valence-electron chi connectivity index (χ3n) is 4.17. The third-order valence-corrected chi connectivity index (χ3v) is 4.17. The minimum Gasteiger partial charge on any atom is -0.446 e. The van der Waals surface area contributed by atoms with Crippen molar-refractivity contribution < 1.29 is 34.7 Å². The molecular formula is C15H19NO7. The molecule has 0 spiro atoms. The Balaban J connectivity index is 1.60. The van der Waals surface area contributed by atoms with Crippen molar-refractivity contribution in [2.45, 2.75) is 37.1 Å². The number of aliphatic hydroxyl groups is 4. The number of hydrogen-bond donors (Lipinski definition) is 4. The first-order valence-electron chi connectivity index (χ1n) is 7.39. The van der Waals surface area contributed by atoms with Gasteiger partial charge in [-0.2, -0.15) is 0 Å². The van der Waals surface area contributed by atoms with Gasteiger partial charge in [-0.1, -0.05) is 18.2 Å². The van der Waals surface area contributed by atoms with E-state index in [1.165, 1.54) is 4.90 Å². The number of carbonyl (C=O) groups is 1. The smallest absolute Gasteiger partial charge is 0.414 e. The minimum absolute atomic E-state index is 0.348. The highest BCUT2D eigenvalue weighted by atomic mass is 16.7. The lowest BCUT2D eigenvalue weighted by Crippen LogP contribution is -2.58. The van der Waals surface area contributed by atoms with Crippen LogP contribution in [0.15, 0.2) is 24.3 Å². The van der Waals surface area contributed by atoms with E-state index in [9.17, 15) is 25.2 Å². The molecule has 1 fully saturated rings. The normalized spacial score (nSPS) is 33.4. The van der Waals surface area contributed by atoms with Gasteiger partial charge in [0.2, 0.25) is 0 Å². The van der Waals surface area contributed by atoms with Crippen molar-refractivity contribution in [1.82, 2.24) is 0 Å². The Kier molecular flexibility index (Phi) is 4.51. The van der Waals surface area contributed by atoms with E-state index in [1.54, 1.807) is 0 Å². The number of anilines is 1. The molecule has 0 bridgehead atoms. The van der Waals surface area contributed by atoms with E-state index in [0.717, 1.165) is 17.7 Å². The van der Waals surface area contributed by atoms with Crippen LogP contribution in [0.5, 0.6) is 0 Å². The molecule has 2 heterocycles. The lowest BCUT2D eigenvalue weighted by Gasteiger charge is -2.38. The molecule has 23 heavy (non-hydrogen) atoms. The fourth-order valence-corrected chi connectivity index (χ4v) is 2.83. The van der Waals surface area contributed by atoms with Gasteiger partial charge in [0.05, 0.1) is 5.69 Å². The molecule has 8 nitrogen and oxygen atoms in total. The van der Waals surface area contributed by atoms with Crippen LogP contribution >= 0.6 is 0 Å². The summed E-state index contributed by atoms with van der Waals surface area (Å²) in [6.45, 7) is 0.149. The number of carbonyl (C=O) groups excluding carboxylic acids is 1. The number of fused-ring (bicyclic) bond motifs is 1. The van der Waals surface area contributed by atoms with Gasteiger partial charge in [-0.3, -0.25) is 4.90 Å². The van der Waals surface area contributed by atoms with Gasteiger partial charge in [0.15, 0.2) is 6.29 Å². The molecule has 1 aromatic carbocycles. The first-order valence-corrected chi connectivity index (χ1v) is 7.39.